The summed E-state index contributed by atoms with van der Waals surface area (Å²) in [5.74, 6) is -0.541. The first-order chi connectivity index (χ1) is 24.1. The first kappa shape index (κ1) is 32.1. The topological polar surface area (TPSA) is 80.9 Å². The molecule has 2 fully saturated rings. The van der Waals surface area contributed by atoms with Gasteiger partial charge in [0.25, 0.3) is 0 Å². The first-order valence-corrected chi connectivity index (χ1v) is 16.5. The van der Waals surface area contributed by atoms with Crippen molar-refractivity contribution in [2.75, 3.05) is 31.3 Å². The summed E-state index contributed by atoms with van der Waals surface area (Å²) in [5, 5.41) is 0. The highest BCUT2D eigenvalue weighted by atomic mass is 16.6. The molecule has 2 unspecified atom stereocenters. The van der Waals surface area contributed by atoms with Gasteiger partial charge in [0.15, 0.2) is 0 Å². The minimum atomic E-state index is -0.270. The molecule has 2 saturated heterocycles. The van der Waals surface area contributed by atoms with Crippen LogP contribution in [0.3, 0.4) is 0 Å². The lowest BCUT2D eigenvalue weighted by Gasteiger charge is -2.26. The molecule has 0 N–H and O–H groups in total. The van der Waals surface area contributed by atoms with Crippen LogP contribution in [-0.4, -0.2) is 50.6 Å². The lowest BCUT2D eigenvalue weighted by atomic mass is 9.95. The van der Waals surface area contributed by atoms with Gasteiger partial charge in [-0.2, -0.15) is 0 Å². The van der Waals surface area contributed by atoms with Gasteiger partial charge in [-0.3, -0.25) is 9.59 Å². The molecule has 2 aliphatic rings. The van der Waals surface area contributed by atoms with Crippen LogP contribution in [0.2, 0.25) is 0 Å². The third-order valence-electron chi connectivity index (χ3n) is 8.38. The van der Waals surface area contributed by atoms with Gasteiger partial charge in [-0.1, -0.05) is 97.1 Å². The number of anilines is 3. The van der Waals surface area contributed by atoms with Gasteiger partial charge < -0.3 is 23.8 Å². The molecule has 246 valence electrons. The largest absolute Gasteiger partial charge is 0.463 e. The number of rotatable bonds is 14. The fourth-order valence-corrected chi connectivity index (χ4v) is 5.56. The summed E-state index contributed by atoms with van der Waals surface area (Å²) < 4.78 is 20.9. The van der Waals surface area contributed by atoms with E-state index in [2.05, 4.69) is 83.8 Å². The average Bonchev–Trinajstić information content (AvgIpc) is 4.08. The Hall–Kier alpha value is -5.50. The molecule has 0 radical (unpaired) electrons. The normalized spacial score (nSPS) is 15.9. The molecule has 7 heteroatoms. The number of epoxide rings is 2. The third-order valence-corrected chi connectivity index (χ3v) is 8.38. The molecule has 7 rings (SSSR count). The van der Waals surface area contributed by atoms with Gasteiger partial charge in [-0.05, 0) is 75.9 Å². The number of esters is 2. The van der Waals surface area contributed by atoms with Gasteiger partial charge in [0, 0.05) is 17.1 Å². The van der Waals surface area contributed by atoms with Crippen LogP contribution < -0.4 is 4.90 Å². The Morgan fingerprint density at radius 1 is 0.571 bits per heavy atom. The van der Waals surface area contributed by atoms with Crippen molar-refractivity contribution < 1.29 is 28.5 Å². The summed E-state index contributed by atoms with van der Waals surface area (Å²) in [7, 11) is 0. The van der Waals surface area contributed by atoms with Crippen LogP contribution in [0, 0.1) is 0 Å². The summed E-state index contributed by atoms with van der Waals surface area (Å²) in [6.45, 7) is 1.90. The van der Waals surface area contributed by atoms with E-state index in [1.54, 1.807) is 0 Å². The van der Waals surface area contributed by atoms with E-state index in [-0.39, 0.29) is 37.0 Å². The number of ether oxygens (including phenoxy) is 4. The maximum atomic E-state index is 12.3. The summed E-state index contributed by atoms with van der Waals surface area (Å²) in [5.41, 5.74) is 9.06. The zero-order chi connectivity index (χ0) is 33.4. The minimum Gasteiger partial charge on any atom is -0.463 e. The van der Waals surface area contributed by atoms with Crippen LogP contribution in [0.15, 0.2) is 133 Å². The lowest BCUT2D eigenvalue weighted by Crippen LogP contribution is -2.13. The van der Waals surface area contributed by atoms with E-state index >= 15 is 0 Å². The molecule has 2 aliphatic heterocycles. The molecule has 5 aromatic rings. The highest BCUT2D eigenvalue weighted by Gasteiger charge is 2.25. The maximum Gasteiger partial charge on any atom is 0.310 e. The van der Waals surface area contributed by atoms with Crippen LogP contribution in [0.25, 0.3) is 11.6 Å². The second kappa shape index (κ2) is 15.2. The Kier molecular flexibility index (Phi) is 9.92. The smallest absolute Gasteiger partial charge is 0.310 e. The highest BCUT2D eigenvalue weighted by Crippen LogP contribution is 2.36. The first-order valence-electron chi connectivity index (χ1n) is 16.5. The molecule has 0 amide bonds. The van der Waals surface area contributed by atoms with Gasteiger partial charge in [-0.25, -0.2) is 0 Å². The Morgan fingerprint density at radius 3 is 1.35 bits per heavy atom. The van der Waals surface area contributed by atoms with E-state index in [1.807, 2.05) is 60.7 Å². The Bertz CT molecular complexity index is 1770. The van der Waals surface area contributed by atoms with E-state index in [0.29, 0.717) is 26.4 Å². The summed E-state index contributed by atoms with van der Waals surface area (Å²) in [6.07, 6.45) is 2.68. The predicted octanol–water partition coefficient (Wildman–Crippen LogP) is 7.71. The van der Waals surface area contributed by atoms with Crippen molar-refractivity contribution in [1.29, 1.82) is 0 Å². The van der Waals surface area contributed by atoms with E-state index < -0.39 is 0 Å². The van der Waals surface area contributed by atoms with Crippen molar-refractivity contribution in [2.45, 2.75) is 25.0 Å². The zero-order valence-corrected chi connectivity index (χ0v) is 27.1. The van der Waals surface area contributed by atoms with Crippen LogP contribution in [0.4, 0.5) is 17.1 Å². The van der Waals surface area contributed by atoms with Crippen molar-refractivity contribution in [2.24, 2.45) is 0 Å². The molecule has 0 aliphatic carbocycles. The molecule has 5 aromatic carbocycles. The minimum absolute atomic E-state index is 0.0411. The lowest BCUT2D eigenvalue weighted by molar-refractivity contribution is -0.144. The number of carbonyl (C=O) groups excluding carboxylic acids is 2. The average molecular weight is 652 g/mol. The molecule has 49 heavy (non-hydrogen) atoms. The van der Waals surface area contributed by atoms with E-state index in [9.17, 15) is 9.59 Å². The predicted molar refractivity (Wildman–Crippen MR) is 190 cm³/mol. The van der Waals surface area contributed by atoms with Crippen LogP contribution in [-0.2, 0) is 41.4 Å². The number of nitrogens with zero attached hydrogens (tertiary/aromatic N) is 1. The molecule has 2 atom stereocenters. The van der Waals surface area contributed by atoms with Crippen LogP contribution in [0.1, 0.15) is 27.8 Å². The summed E-state index contributed by atoms with van der Waals surface area (Å²) in [4.78, 5) is 26.9. The van der Waals surface area contributed by atoms with Gasteiger partial charge in [0.05, 0.1) is 26.1 Å². The van der Waals surface area contributed by atoms with Crippen molar-refractivity contribution in [3.8, 4) is 0 Å². The summed E-state index contributed by atoms with van der Waals surface area (Å²) >= 11 is 0. The second-order valence-electron chi connectivity index (χ2n) is 12.2. The van der Waals surface area contributed by atoms with E-state index in [1.165, 1.54) is 0 Å². The quantitative estimate of drug-likeness (QED) is 0.0691. The zero-order valence-electron chi connectivity index (χ0n) is 27.1. The van der Waals surface area contributed by atoms with Crippen molar-refractivity contribution in [3.63, 3.8) is 0 Å². The Morgan fingerprint density at radius 2 is 0.959 bits per heavy atom. The third kappa shape index (κ3) is 8.90. The molecular weight excluding hydrogens is 614 g/mol. The van der Waals surface area contributed by atoms with Crippen molar-refractivity contribution in [3.05, 3.63) is 161 Å². The SMILES string of the molecule is O=C(Cc1ccc(N(c2ccc(C=C(c3ccccc3)c3ccccc3)cc2)c2ccc(CC(=O)OCC3CO3)cc2)cc1)OCC1CO1. The van der Waals surface area contributed by atoms with Crippen molar-refractivity contribution >= 4 is 40.6 Å². The highest BCUT2D eigenvalue weighted by molar-refractivity contribution is 5.91. The fourth-order valence-electron chi connectivity index (χ4n) is 5.56. The second-order valence-corrected chi connectivity index (χ2v) is 12.2. The maximum absolute atomic E-state index is 12.3. The molecule has 2 heterocycles. The summed E-state index contributed by atoms with van der Waals surface area (Å²) in [6, 6.07) is 45.1. The number of hydrogen-bond donors (Lipinski definition) is 0. The number of hydrogen-bond acceptors (Lipinski definition) is 7. The number of carbonyl (C=O) groups is 2. The van der Waals surface area contributed by atoms with Crippen molar-refractivity contribution in [1.82, 2.24) is 0 Å². The van der Waals surface area contributed by atoms with Crippen LogP contribution >= 0.6 is 0 Å². The molecule has 0 spiro atoms. The monoisotopic (exact) mass is 651 g/mol. The Balaban J connectivity index is 1.15. The molecular formula is C42H37NO6. The standard InChI is InChI=1S/C42H37NO6/c44-41(48-28-38-26-46-38)24-31-13-19-36(20-14-31)43(37-21-15-32(16-22-37)25-42(45)49-29-39-27-47-39)35-17-11-30(12-18-35)23-40(33-7-3-1-4-8-33)34-9-5-2-6-10-34/h1-23,38-39H,24-29H2. The van der Waals surface area contributed by atoms with E-state index in [4.69, 9.17) is 18.9 Å². The van der Waals surface area contributed by atoms with Crippen LogP contribution in [0.5, 0.6) is 0 Å². The van der Waals surface area contributed by atoms with Gasteiger partial charge in [0.2, 0.25) is 0 Å². The molecule has 0 saturated carbocycles. The molecule has 0 bridgehead atoms. The Labute approximate surface area is 286 Å². The molecule has 0 aromatic heterocycles. The number of benzene rings is 5. The molecule has 7 nitrogen and oxygen atoms in total. The van der Waals surface area contributed by atoms with Gasteiger partial charge >= 0.3 is 11.9 Å². The fraction of sp³-hybridized carbons (Fsp3) is 0.190. The van der Waals surface area contributed by atoms with Gasteiger partial charge in [-0.15, -0.1) is 0 Å². The van der Waals surface area contributed by atoms with Gasteiger partial charge in [0.1, 0.15) is 25.4 Å². The van der Waals surface area contributed by atoms with E-state index in [0.717, 1.165) is 50.5 Å².